The Kier molecular flexibility index (Phi) is 2.95. The van der Waals surface area contributed by atoms with Crippen molar-refractivity contribution >= 4 is 5.82 Å². The molecule has 1 unspecified atom stereocenters. The minimum absolute atomic E-state index is 0.0104. The lowest BCUT2D eigenvalue weighted by Crippen LogP contribution is -2.08. The summed E-state index contributed by atoms with van der Waals surface area (Å²) in [4.78, 5) is 3.78. The molecule has 0 saturated heterocycles. The molecule has 1 aromatic heterocycles. The smallest absolute Gasteiger partial charge is 0.231 e. The Bertz CT molecular complexity index is 604. The first kappa shape index (κ1) is 11.8. The number of hydrogen-bond acceptors (Lipinski definition) is 4. The molecule has 0 radical (unpaired) electrons. The Morgan fingerprint density at radius 2 is 2.05 bits per heavy atom. The van der Waals surface area contributed by atoms with Crippen LogP contribution in [0.5, 0.6) is 11.5 Å². The van der Waals surface area contributed by atoms with Gasteiger partial charge >= 0.3 is 0 Å². The second-order valence-corrected chi connectivity index (χ2v) is 4.32. The molecule has 0 bridgehead atoms. The van der Waals surface area contributed by atoms with Gasteiger partial charge in [0.2, 0.25) is 12.7 Å². The molecule has 0 saturated carbocycles. The number of rotatable bonds is 3. The van der Waals surface area contributed by atoms with Gasteiger partial charge in [-0.2, -0.15) is 4.39 Å². The van der Waals surface area contributed by atoms with Crippen LogP contribution in [0.4, 0.5) is 10.2 Å². The summed E-state index contributed by atoms with van der Waals surface area (Å²) in [6.07, 6.45) is 0. The maximum absolute atomic E-state index is 13.0. The lowest BCUT2D eigenvalue weighted by Gasteiger charge is -2.15. The van der Waals surface area contributed by atoms with Crippen LogP contribution in [-0.2, 0) is 0 Å². The Balaban J connectivity index is 1.78. The third-order valence-corrected chi connectivity index (χ3v) is 2.98. The minimum Gasteiger partial charge on any atom is -0.454 e. The molecule has 1 aliphatic heterocycles. The van der Waals surface area contributed by atoms with Crippen LogP contribution in [0.3, 0.4) is 0 Å². The molecule has 0 spiro atoms. The molecule has 5 heteroatoms. The van der Waals surface area contributed by atoms with Crippen molar-refractivity contribution < 1.29 is 13.9 Å². The van der Waals surface area contributed by atoms with Gasteiger partial charge in [-0.3, -0.25) is 0 Å². The number of fused-ring (bicyclic) bond motifs is 1. The fourth-order valence-corrected chi connectivity index (χ4v) is 1.98. The second-order valence-electron chi connectivity index (χ2n) is 4.32. The SMILES string of the molecule is CC(Nc1cccc(F)n1)c1ccc2c(c1)OCO2. The van der Waals surface area contributed by atoms with Gasteiger partial charge in [-0.05, 0) is 36.8 Å². The van der Waals surface area contributed by atoms with Gasteiger partial charge in [-0.1, -0.05) is 12.1 Å². The summed E-state index contributed by atoms with van der Waals surface area (Å²) >= 11 is 0. The lowest BCUT2D eigenvalue weighted by atomic mass is 10.1. The van der Waals surface area contributed by atoms with Crippen molar-refractivity contribution in [2.24, 2.45) is 0 Å². The highest BCUT2D eigenvalue weighted by Gasteiger charge is 2.15. The van der Waals surface area contributed by atoms with Crippen LogP contribution < -0.4 is 14.8 Å². The van der Waals surface area contributed by atoms with Crippen molar-refractivity contribution in [2.75, 3.05) is 12.1 Å². The van der Waals surface area contributed by atoms with Gasteiger partial charge in [-0.25, -0.2) is 4.98 Å². The Morgan fingerprint density at radius 1 is 1.21 bits per heavy atom. The molecule has 2 heterocycles. The second kappa shape index (κ2) is 4.76. The summed E-state index contributed by atoms with van der Waals surface area (Å²) in [7, 11) is 0. The van der Waals surface area contributed by atoms with E-state index in [0.29, 0.717) is 5.82 Å². The van der Waals surface area contributed by atoms with Crippen LogP contribution >= 0.6 is 0 Å². The molecule has 1 aliphatic rings. The van der Waals surface area contributed by atoms with Crippen LogP contribution in [0.1, 0.15) is 18.5 Å². The topological polar surface area (TPSA) is 43.4 Å². The van der Waals surface area contributed by atoms with Crippen molar-refractivity contribution in [2.45, 2.75) is 13.0 Å². The number of nitrogens with zero attached hydrogens (tertiary/aromatic N) is 1. The van der Waals surface area contributed by atoms with Crippen LogP contribution in [0.15, 0.2) is 36.4 Å². The number of nitrogens with one attached hydrogen (secondary N) is 1. The van der Waals surface area contributed by atoms with Crippen molar-refractivity contribution in [1.82, 2.24) is 4.98 Å². The van der Waals surface area contributed by atoms with Crippen molar-refractivity contribution in [3.05, 3.63) is 47.9 Å². The van der Waals surface area contributed by atoms with Crippen molar-refractivity contribution in [3.63, 3.8) is 0 Å². The summed E-state index contributed by atoms with van der Waals surface area (Å²) in [5, 5.41) is 3.14. The molecule has 98 valence electrons. The van der Waals surface area contributed by atoms with Crippen LogP contribution in [0.2, 0.25) is 0 Å². The van der Waals surface area contributed by atoms with E-state index in [4.69, 9.17) is 9.47 Å². The van der Waals surface area contributed by atoms with E-state index in [1.807, 2.05) is 25.1 Å². The molecular formula is C14H13FN2O2. The highest BCUT2D eigenvalue weighted by Crippen LogP contribution is 2.34. The van der Waals surface area contributed by atoms with Gasteiger partial charge < -0.3 is 14.8 Å². The fraction of sp³-hybridized carbons (Fsp3) is 0.214. The Morgan fingerprint density at radius 3 is 2.89 bits per heavy atom. The summed E-state index contributed by atoms with van der Waals surface area (Å²) in [5.41, 5.74) is 1.02. The van der Waals surface area contributed by atoms with E-state index in [2.05, 4.69) is 10.3 Å². The van der Waals surface area contributed by atoms with Gasteiger partial charge in [0.15, 0.2) is 11.5 Å². The first-order valence-electron chi connectivity index (χ1n) is 6.01. The number of halogens is 1. The maximum Gasteiger partial charge on any atom is 0.231 e. The van der Waals surface area contributed by atoms with Gasteiger partial charge in [0.25, 0.3) is 0 Å². The molecule has 1 aromatic carbocycles. The van der Waals surface area contributed by atoms with Crippen LogP contribution in [0.25, 0.3) is 0 Å². The molecular weight excluding hydrogens is 247 g/mol. The number of aromatic nitrogens is 1. The number of hydrogen-bond donors (Lipinski definition) is 1. The van der Waals surface area contributed by atoms with Gasteiger partial charge in [0, 0.05) is 0 Å². The molecule has 0 amide bonds. The monoisotopic (exact) mass is 260 g/mol. The summed E-state index contributed by atoms with van der Waals surface area (Å²) in [6.45, 7) is 2.23. The van der Waals surface area contributed by atoms with Crippen molar-refractivity contribution in [3.8, 4) is 11.5 Å². The zero-order valence-electron chi connectivity index (χ0n) is 10.4. The predicted molar refractivity (Wildman–Crippen MR) is 68.8 cm³/mol. The Labute approximate surface area is 110 Å². The predicted octanol–water partition coefficient (Wildman–Crippen LogP) is 3.12. The third-order valence-electron chi connectivity index (χ3n) is 2.98. The average molecular weight is 260 g/mol. The summed E-state index contributed by atoms with van der Waals surface area (Å²) in [6, 6.07) is 10.4. The van der Waals surface area contributed by atoms with E-state index in [0.717, 1.165) is 17.1 Å². The highest BCUT2D eigenvalue weighted by atomic mass is 19.1. The Hall–Kier alpha value is -2.30. The molecule has 0 fully saturated rings. The molecule has 3 rings (SSSR count). The van der Waals surface area contributed by atoms with E-state index in [1.54, 1.807) is 12.1 Å². The molecule has 4 nitrogen and oxygen atoms in total. The quantitative estimate of drug-likeness (QED) is 0.861. The molecule has 1 atom stereocenters. The fourth-order valence-electron chi connectivity index (χ4n) is 1.98. The number of pyridine rings is 1. The maximum atomic E-state index is 13.0. The molecule has 0 aliphatic carbocycles. The largest absolute Gasteiger partial charge is 0.454 e. The van der Waals surface area contributed by atoms with E-state index in [9.17, 15) is 4.39 Å². The first-order valence-corrected chi connectivity index (χ1v) is 6.01. The normalized spacial score (nSPS) is 14.2. The van der Waals surface area contributed by atoms with Crippen LogP contribution in [0, 0.1) is 5.95 Å². The van der Waals surface area contributed by atoms with Crippen molar-refractivity contribution in [1.29, 1.82) is 0 Å². The molecule has 1 N–H and O–H groups in total. The number of benzene rings is 1. The van der Waals surface area contributed by atoms with Gasteiger partial charge in [0.05, 0.1) is 6.04 Å². The molecule has 2 aromatic rings. The van der Waals surface area contributed by atoms with E-state index in [1.165, 1.54) is 6.07 Å². The van der Waals surface area contributed by atoms with Crippen LogP contribution in [-0.4, -0.2) is 11.8 Å². The summed E-state index contributed by atoms with van der Waals surface area (Å²) < 4.78 is 23.6. The van der Waals surface area contributed by atoms with E-state index < -0.39 is 5.95 Å². The van der Waals surface area contributed by atoms with Gasteiger partial charge in [0.1, 0.15) is 5.82 Å². The lowest BCUT2D eigenvalue weighted by molar-refractivity contribution is 0.174. The zero-order valence-corrected chi connectivity index (χ0v) is 10.4. The number of ether oxygens (including phenoxy) is 2. The van der Waals surface area contributed by atoms with Gasteiger partial charge in [-0.15, -0.1) is 0 Å². The highest BCUT2D eigenvalue weighted by molar-refractivity contribution is 5.47. The minimum atomic E-state index is -0.497. The molecule has 19 heavy (non-hydrogen) atoms. The van der Waals surface area contributed by atoms with E-state index >= 15 is 0 Å². The first-order chi connectivity index (χ1) is 9.22. The summed E-state index contributed by atoms with van der Waals surface area (Å²) in [5.74, 6) is 1.49. The third kappa shape index (κ3) is 2.45. The van der Waals surface area contributed by atoms with E-state index in [-0.39, 0.29) is 12.8 Å². The average Bonchev–Trinajstić information content (AvgIpc) is 2.85. The number of anilines is 1. The zero-order chi connectivity index (χ0) is 13.2. The standard InChI is InChI=1S/C14H13FN2O2/c1-9(16-14-4-2-3-13(15)17-14)10-5-6-11-12(7-10)19-8-18-11/h2-7,9H,8H2,1H3,(H,16,17).